The summed E-state index contributed by atoms with van der Waals surface area (Å²) < 4.78 is 76.6. The van der Waals surface area contributed by atoms with Gasteiger partial charge in [-0.2, -0.15) is 17.2 Å². The number of rotatable bonds is 15. The van der Waals surface area contributed by atoms with Gasteiger partial charge in [0, 0.05) is 14.7 Å². The summed E-state index contributed by atoms with van der Waals surface area (Å²) in [6.07, 6.45) is 0. The van der Waals surface area contributed by atoms with Gasteiger partial charge in [-0.3, -0.25) is 0 Å². The molecule has 38 heavy (non-hydrogen) atoms. The molecule has 0 heterocycles. The van der Waals surface area contributed by atoms with Crippen molar-refractivity contribution in [3.8, 4) is 0 Å². The molecule has 206 valence electrons. The van der Waals surface area contributed by atoms with Gasteiger partial charge < -0.3 is 19.3 Å². The van der Waals surface area contributed by atoms with Crippen LogP contribution in [0.1, 0.15) is 0 Å². The highest BCUT2D eigenvalue weighted by Gasteiger charge is 2.58. The number of hydrogen-bond acceptors (Lipinski definition) is 8. The van der Waals surface area contributed by atoms with Gasteiger partial charge in [0.15, 0.2) is 0 Å². The van der Waals surface area contributed by atoms with Crippen molar-refractivity contribution in [1.82, 2.24) is 0 Å². The molecule has 0 spiro atoms. The van der Waals surface area contributed by atoms with E-state index in [1.165, 1.54) is 0 Å². The van der Waals surface area contributed by atoms with E-state index in [1.54, 1.807) is 91.0 Å². The van der Waals surface area contributed by atoms with E-state index in [0.717, 1.165) is 0 Å². The Morgan fingerprint density at radius 2 is 1.08 bits per heavy atom. The molecule has 0 saturated heterocycles. The van der Waals surface area contributed by atoms with Crippen molar-refractivity contribution in [2.24, 2.45) is 0 Å². The van der Waals surface area contributed by atoms with Gasteiger partial charge >= 0.3 is 21.3 Å². The van der Waals surface area contributed by atoms with Crippen LogP contribution in [0.4, 0.5) is 8.78 Å². The molecule has 0 radical (unpaired) electrons. The highest BCUT2D eigenvalue weighted by Crippen LogP contribution is 2.70. The summed E-state index contributed by atoms with van der Waals surface area (Å²) >= 11 is 0. The third kappa shape index (κ3) is 6.95. The molecule has 3 rings (SSSR count). The molecule has 1 N–H and O–H groups in total. The van der Waals surface area contributed by atoms with E-state index in [-0.39, 0.29) is 33.0 Å². The van der Waals surface area contributed by atoms with Gasteiger partial charge in [-0.1, -0.05) is 54.6 Å². The summed E-state index contributed by atoms with van der Waals surface area (Å²) in [5.74, 6) is -2.28. The fourth-order valence-corrected chi connectivity index (χ4v) is 8.37. The molecule has 0 fully saturated rings. The van der Waals surface area contributed by atoms with Crippen LogP contribution in [0, 0.1) is 0 Å². The minimum Gasteiger partial charge on any atom is -0.458 e. The fraction of sp³-hybridized carbons (Fsp3) is 0.269. The Hall–Kier alpha value is -2.87. The molecule has 3 aromatic rings. The highest BCUT2D eigenvalue weighted by molar-refractivity contribution is 8.33. The third-order valence-electron chi connectivity index (χ3n) is 5.04. The van der Waals surface area contributed by atoms with Crippen molar-refractivity contribution < 1.29 is 44.9 Å². The van der Waals surface area contributed by atoms with Crippen LogP contribution in [0.5, 0.6) is 0 Å². The largest absolute Gasteiger partial charge is 0.466 e. The van der Waals surface area contributed by atoms with E-state index in [9.17, 15) is 13.2 Å². The second kappa shape index (κ2) is 13.8. The maximum atomic E-state index is 15.1. The minimum atomic E-state index is -5.87. The fourth-order valence-electron chi connectivity index (χ4n) is 3.31. The van der Waals surface area contributed by atoms with Gasteiger partial charge in [-0.15, -0.1) is 0 Å². The van der Waals surface area contributed by atoms with E-state index < -0.39 is 38.3 Å². The predicted molar refractivity (Wildman–Crippen MR) is 136 cm³/mol. The van der Waals surface area contributed by atoms with Crippen LogP contribution < -0.4 is 0 Å². The standard InChI is InChI=1S/C26H28F2O8S2/c27-26(28,25(30)35-21-20-34-19-18-33-17-16-29)38(31,32)36-37(22-10-4-1-5-11-22,23-12-6-2-7-13-23)24-14-8-3-9-15-24/h1-15,29H,16-21H2. The van der Waals surface area contributed by atoms with Crippen molar-refractivity contribution in [1.29, 1.82) is 0 Å². The molecule has 3 aromatic carbocycles. The molecule has 8 nitrogen and oxygen atoms in total. The number of halogens is 2. The van der Waals surface area contributed by atoms with Crippen molar-refractivity contribution in [2.45, 2.75) is 19.9 Å². The van der Waals surface area contributed by atoms with Gasteiger partial charge in [0.2, 0.25) is 0 Å². The molecule has 12 heteroatoms. The molecule has 0 aromatic heterocycles. The summed E-state index contributed by atoms with van der Waals surface area (Å²) in [4.78, 5) is 13.3. The van der Waals surface area contributed by atoms with Crippen molar-refractivity contribution >= 4 is 26.4 Å². The highest BCUT2D eigenvalue weighted by atomic mass is 32.3. The number of carbonyl (C=O) groups is 1. The van der Waals surface area contributed by atoms with Crippen LogP contribution in [-0.4, -0.2) is 64.4 Å². The van der Waals surface area contributed by atoms with Crippen molar-refractivity contribution in [3.63, 3.8) is 0 Å². The maximum Gasteiger partial charge on any atom is 0.466 e. The molecule has 0 amide bonds. The van der Waals surface area contributed by atoms with Crippen LogP contribution in [0.15, 0.2) is 106 Å². The van der Waals surface area contributed by atoms with E-state index >= 15 is 8.78 Å². The number of carbonyl (C=O) groups excluding carboxylic acids is 1. The van der Waals surface area contributed by atoms with E-state index in [0.29, 0.717) is 14.7 Å². The lowest BCUT2D eigenvalue weighted by molar-refractivity contribution is -0.163. The Bertz CT molecular complexity index is 1150. The monoisotopic (exact) mass is 570 g/mol. The molecule has 0 aliphatic carbocycles. The summed E-state index contributed by atoms with van der Waals surface area (Å²) in [5.41, 5.74) is 0. The molecule has 0 bridgehead atoms. The Balaban J connectivity index is 1.89. The van der Waals surface area contributed by atoms with Crippen LogP contribution in [0.25, 0.3) is 0 Å². The molecule has 0 aliphatic rings. The van der Waals surface area contributed by atoms with Gasteiger partial charge in [-0.25, -0.2) is 8.42 Å². The van der Waals surface area contributed by atoms with Crippen molar-refractivity contribution in [3.05, 3.63) is 91.0 Å². The van der Waals surface area contributed by atoms with Crippen LogP contribution in [0.3, 0.4) is 0 Å². The normalized spacial score (nSPS) is 12.7. The number of hydrogen-bond donors (Lipinski definition) is 1. The first-order chi connectivity index (χ1) is 18.3. The molecule has 0 atom stereocenters. The summed E-state index contributed by atoms with van der Waals surface area (Å²) in [6.45, 7) is -0.731. The summed E-state index contributed by atoms with van der Waals surface area (Å²) in [7, 11) is -9.15. The number of aliphatic hydroxyl groups excluding tert-OH is 1. The molecular formula is C26H28F2O8S2. The molecule has 0 saturated carbocycles. The smallest absolute Gasteiger partial charge is 0.458 e. The lowest BCUT2D eigenvalue weighted by Crippen LogP contribution is -2.41. The number of alkyl halides is 2. The Kier molecular flexibility index (Phi) is 10.8. The van der Waals surface area contributed by atoms with E-state index in [4.69, 9.17) is 18.2 Å². The first-order valence-corrected chi connectivity index (χ1v) is 14.5. The average molecular weight is 571 g/mol. The SMILES string of the molecule is O=C(OCCOCCOCCO)C(F)(F)S(=O)(=O)OS(c1ccccc1)(c1ccccc1)c1ccccc1. The number of aliphatic hydroxyl groups is 1. The Labute approximate surface area is 221 Å². The third-order valence-corrected chi connectivity index (χ3v) is 10.2. The average Bonchev–Trinajstić information content (AvgIpc) is 2.94. The molecule has 0 aliphatic heterocycles. The van der Waals surface area contributed by atoms with E-state index in [1.807, 2.05) is 0 Å². The first-order valence-electron chi connectivity index (χ1n) is 11.5. The topological polar surface area (TPSA) is 108 Å². The van der Waals surface area contributed by atoms with Gasteiger partial charge in [0.1, 0.15) is 6.61 Å². The minimum absolute atomic E-state index is 0.0620. The zero-order valence-electron chi connectivity index (χ0n) is 20.3. The van der Waals surface area contributed by atoms with Crippen LogP contribution in [0.2, 0.25) is 0 Å². The Morgan fingerprint density at radius 3 is 1.50 bits per heavy atom. The number of ether oxygens (including phenoxy) is 3. The number of esters is 1. The van der Waals surface area contributed by atoms with Crippen molar-refractivity contribution in [2.75, 3.05) is 39.6 Å². The van der Waals surface area contributed by atoms with Gasteiger partial charge in [0.25, 0.3) is 0 Å². The predicted octanol–water partition coefficient (Wildman–Crippen LogP) is 4.39. The molecular weight excluding hydrogens is 542 g/mol. The zero-order chi connectivity index (χ0) is 27.5. The first kappa shape index (κ1) is 29.7. The number of benzene rings is 3. The lowest BCUT2D eigenvalue weighted by atomic mass is 10.4. The van der Waals surface area contributed by atoms with Gasteiger partial charge in [-0.05, 0) is 46.7 Å². The second-order valence-electron chi connectivity index (χ2n) is 7.62. The molecule has 0 unspecified atom stereocenters. The van der Waals surface area contributed by atoms with Gasteiger partial charge in [0.05, 0.1) is 33.0 Å². The zero-order valence-corrected chi connectivity index (χ0v) is 21.9. The maximum absolute atomic E-state index is 15.1. The van der Waals surface area contributed by atoms with Crippen LogP contribution >= 0.6 is 10.3 Å². The van der Waals surface area contributed by atoms with E-state index in [2.05, 4.69) is 4.74 Å². The summed E-state index contributed by atoms with van der Waals surface area (Å²) in [6, 6.07) is 24.5. The Morgan fingerprint density at radius 1 is 0.684 bits per heavy atom. The summed E-state index contributed by atoms with van der Waals surface area (Å²) in [5, 5.41) is 3.62. The van der Waals surface area contributed by atoms with Crippen LogP contribution in [-0.2, 0) is 32.8 Å². The quantitative estimate of drug-likeness (QED) is 0.212. The second-order valence-corrected chi connectivity index (χ2v) is 12.1. The lowest BCUT2D eigenvalue weighted by Gasteiger charge is -2.39.